The van der Waals surface area contributed by atoms with Crippen LogP contribution in [0, 0.1) is 19.8 Å². The number of carbonyl (C=O) groups is 2. The summed E-state index contributed by atoms with van der Waals surface area (Å²) in [6.07, 6.45) is 1.95. The molecule has 2 rings (SSSR count). The van der Waals surface area contributed by atoms with E-state index in [1.807, 2.05) is 20.8 Å². The Bertz CT molecular complexity index is 641. The van der Waals surface area contributed by atoms with Gasteiger partial charge in [0.2, 0.25) is 5.91 Å². The second-order valence-corrected chi connectivity index (χ2v) is 8.32. The summed E-state index contributed by atoms with van der Waals surface area (Å²) in [5.74, 6) is 0.411. The van der Waals surface area contributed by atoms with Crippen molar-refractivity contribution in [1.82, 2.24) is 10.2 Å². The van der Waals surface area contributed by atoms with Gasteiger partial charge < -0.3 is 15.0 Å². The van der Waals surface area contributed by atoms with E-state index in [2.05, 4.69) is 37.4 Å². The molecule has 144 valence electrons. The molecule has 0 radical (unpaired) electrons. The second kappa shape index (κ2) is 8.56. The van der Waals surface area contributed by atoms with Gasteiger partial charge in [0, 0.05) is 26.1 Å². The van der Waals surface area contributed by atoms with Crippen LogP contribution in [0.5, 0.6) is 0 Å². The molecule has 26 heavy (non-hydrogen) atoms. The Morgan fingerprint density at radius 1 is 1.19 bits per heavy atom. The molecule has 1 aromatic rings. The van der Waals surface area contributed by atoms with E-state index in [4.69, 9.17) is 4.74 Å². The SMILES string of the molecule is Cc1ccc(CNC(=O)CC2CCN(C(=O)OC(C)(C)C)CC2)c(C)c1. The van der Waals surface area contributed by atoms with Crippen LogP contribution in [0.4, 0.5) is 4.79 Å². The van der Waals surface area contributed by atoms with Crippen molar-refractivity contribution in [2.75, 3.05) is 13.1 Å². The smallest absolute Gasteiger partial charge is 0.410 e. The van der Waals surface area contributed by atoms with Crippen LogP contribution in [0.1, 0.15) is 56.7 Å². The minimum absolute atomic E-state index is 0.0840. The van der Waals surface area contributed by atoms with E-state index < -0.39 is 5.60 Å². The highest BCUT2D eigenvalue weighted by molar-refractivity contribution is 5.76. The first-order valence-corrected chi connectivity index (χ1v) is 9.45. The first-order valence-electron chi connectivity index (χ1n) is 9.45. The molecule has 5 nitrogen and oxygen atoms in total. The van der Waals surface area contributed by atoms with Crippen LogP contribution >= 0.6 is 0 Å². The number of hydrogen-bond donors (Lipinski definition) is 1. The zero-order valence-electron chi connectivity index (χ0n) is 16.7. The van der Waals surface area contributed by atoms with E-state index in [-0.39, 0.29) is 12.0 Å². The third-order valence-corrected chi connectivity index (χ3v) is 4.71. The molecule has 2 amide bonds. The van der Waals surface area contributed by atoms with E-state index in [9.17, 15) is 9.59 Å². The molecule has 1 saturated heterocycles. The number of ether oxygens (including phenoxy) is 1. The molecule has 0 atom stereocenters. The van der Waals surface area contributed by atoms with Gasteiger partial charge in [0.05, 0.1) is 0 Å². The molecule has 1 aromatic carbocycles. The first-order chi connectivity index (χ1) is 12.1. The molecule has 1 aliphatic heterocycles. The quantitative estimate of drug-likeness (QED) is 0.884. The third-order valence-electron chi connectivity index (χ3n) is 4.71. The molecular formula is C21H32N2O3. The summed E-state index contributed by atoms with van der Waals surface area (Å²) in [7, 11) is 0. The van der Waals surface area contributed by atoms with Gasteiger partial charge >= 0.3 is 6.09 Å². The lowest BCUT2D eigenvalue weighted by Gasteiger charge is -2.33. The number of piperidine rings is 1. The normalized spacial score (nSPS) is 15.7. The van der Waals surface area contributed by atoms with Gasteiger partial charge in [-0.3, -0.25) is 4.79 Å². The highest BCUT2D eigenvalue weighted by Gasteiger charge is 2.27. The van der Waals surface area contributed by atoms with Crippen molar-refractivity contribution in [3.8, 4) is 0 Å². The number of nitrogens with one attached hydrogen (secondary N) is 1. The average molecular weight is 360 g/mol. The van der Waals surface area contributed by atoms with Crippen molar-refractivity contribution in [3.63, 3.8) is 0 Å². The lowest BCUT2D eigenvalue weighted by molar-refractivity contribution is -0.122. The van der Waals surface area contributed by atoms with Gasteiger partial charge in [-0.15, -0.1) is 0 Å². The second-order valence-electron chi connectivity index (χ2n) is 8.32. The maximum Gasteiger partial charge on any atom is 0.410 e. The van der Waals surface area contributed by atoms with Crippen molar-refractivity contribution in [2.24, 2.45) is 5.92 Å². The number of aryl methyl sites for hydroxylation is 2. The Morgan fingerprint density at radius 3 is 2.42 bits per heavy atom. The van der Waals surface area contributed by atoms with Gasteiger partial charge in [0.25, 0.3) is 0 Å². The number of hydrogen-bond acceptors (Lipinski definition) is 3. The van der Waals surface area contributed by atoms with E-state index >= 15 is 0 Å². The van der Waals surface area contributed by atoms with Crippen LogP contribution in [0.15, 0.2) is 18.2 Å². The van der Waals surface area contributed by atoms with E-state index in [0.717, 1.165) is 18.4 Å². The maximum absolute atomic E-state index is 12.2. The fourth-order valence-corrected chi connectivity index (χ4v) is 3.22. The Hall–Kier alpha value is -2.04. The highest BCUT2D eigenvalue weighted by atomic mass is 16.6. The van der Waals surface area contributed by atoms with Crippen LogP contribution in [-0.4, -0.2) is 35.6 Å². The molecule has 0 aliphatic carbocycles. The largest absolute Gasteiger partial charge is 0.444 e. The summed E-state index contributed by atoms with van der Waals surface area (Å²) < 4.78 is 5.41. The van der Waals surface area contributed by atoms with Crippen molar-refractivity contribution >= 4 is 12.0 Å². The first kappa shape index (κ1) is 20.3. The fraction of sp³-hybridized carbons (Fsp3) is 0.619. The van der Waals surface area contributed by atoms with Gasteiger partial charge in [-0.25, -0.2) is 4.79 Å². The number of rotatable bonds is 4. The summed E-state index contributed by atoms with van der Waals surface area (Å²) in [6.45, 7) is 11.6. The molecule has 0 saturated carbocycles. The van der Waals surface area contributed by atoms with Gasteiger partial charge in [0.1, 0.15) is 5.60 Å². The molecule has 5 heteroatoms. The lowest BCUT2D eigenvalue weighted by Crippen LogP contribution is -2.42. The van der Waals surface area contributed by atoms with E-state index in [1.165, 1.54) is 11.1 Å². The molecule has 1 fully saturated rings. The molecule has 1 heterocycles. The summed E-state index contributed by atoms with van der Waals surface area (Å²) in [6, 6.07) is 6.28. The summed E-state index contributed by atoms with van der Waals surface area (Å²) in [5, 5.41) is 3.03. The zero-order chi connectivity index (χ0) is 19.3. The predicted octanol–water partition coefficient (Wildman–Crippen LogP) is 3.96. The van der Waals surface area contributed by atoms with Crippen LogP contribution in [-0.2, 0) is 16.1 Å². The minimum atomic E-state index is -0.470. The van der Waals surface area contributed by atoms with Crippen molar-refractivity contribution in [1.29, 1.82) is 0 Å². The molecule has 0 aromatic heterocycles. The molecule has 1 N–H and O–H groups in total. The monoisotopic (exact) mass is 360 g/mol. The van der Waals surface area contributed by atoms with Crippen LogP contribution in [0.3, 0.4) is 0 Å². The number of benzene rings is 1. The van der Waals surface area contributed by atoms with Gasteiger partial charge in [-0.2, -0.15) is 0 Å². The van der Waals surface area contributed by atoms with Crippen molar-refractivity contribution in [3.05, 3.63) is 34.9 Å². The number of likely N-dealkylation sites (tertiary alicyclic amines) is 1. The van der Waals surface area contributed by atoms with Crippen molar-refractivity contribution < 1.29 is 14.3 Å². The summed E-state index contributed by atoms with van der Waals surface area (Å²) in [5.41, 5.74) is 3.12. The summed E-state index contributed by atoms with van der Waals surface area (Å²) >= 11 is 0. The standard InChI is InChI=1S/C21H32N2O3/c1-15-6-7-18(16(2)12-15)14-22-19(24)13-17-8-10-23(11-9-17)20(25)26-21(3,4)5/h6-7,12,17H,8-11,13-14H2,1-5H3,(H,22,24). The Balaban J connectivity index is 1.73. The number of amides is 2. The number of nitrogens with zero attached hydrogens (tertiary/aromatic N) is 1. The topological polar surface area (TPSA) is 58.6 Å². The van der Waals surface area contributed by atoms with Gasteiger partial charge in [-0.1, -0.05) is 23.8 Å². The average Bonchev–Trinajstić information content (AvgIpc) is 2.53. The minimum Gasteiger partial charge on any atom is -0.444 e. The van der Waals surface area contributed by atoms with E-state index in [1.54, 1.807) is 4.90 Å². The predicted molar refractivity (Wildman–Crippen MR) is 103 cm³/mol. The Morgan fingerprint density at radius 2 is 1.85 bits per heavy atom. The maximum atomic E-state index is 12.2. The van der Waals surface area contributed by atoms with Crippen molar-refractivity contribution in [2.45, 2.75) is 66.0 Å². The van der Waals surface area contributed by atoms with Gasteiger partial charge in [-0.05, 0) is 64.5 Å². The Labute approximate surface area is 157 Å². The molecule has 0 unspecified atom stereocenters. The fourth-order valence-electron chi connectivity index (χ4n) is 3.22. The third kappa shape index (κ3) is 6.36. The Kier molecular flexibility index (Phi) is 6.68. The molecular weight excluding hydrogens is 328 g/mol. The zero-order valence-corrected chi connectivity index (χ0v) is 16.7. The van der Waals surface area contributed by atoms with Crippen LogP contribution in [0.2, 0.25) is 0 Å². The van der Waals surface area contributed by atoms with E-state index in [0.29, 0.717) is 32.0 Å². The summed E-state index contributed by atoms with van der Waals surface area (Å²) in [4.78, 5) is 26.1. The van der Waals surface area contributed by atoms with Crippen LogP contribution in [0.25, 0.3) is 0 Å². The molecule has 0 spiro atoms. The van der Waals surface area contributed by atoms with Gasteiger partial charge in [0.15, 0.2) is 0 Å². The highest BCUT2D eigenvalue weighted by Crippen LogP contribution is 2.22. The molecule has 1 aliphatic rings. The number of carbonyl (C=O) groups excluding carboxylic acids is 2. The molecule has 0 bridgehead atoms. The van der Waals surface area contributed by atoms with Crippen LogP contribution < -0.4 is 5.32 Å². The lowest BCUT2D eigenvalue weighted by atomic mass is 9.93.